The van der Waals surface area contributed by atoms with Gasteiger partial charge in [0.05, 0.1) is 6.54 Å². The van der Waals surface area contributed by atoms with Gasteiger partial charge in [-0.1, -0.05) is 0 Å². The summed E-state index contributed by atoms with van der Waals surface area (Å²) in [7, 11) is 1.84. The molecule has 1 heterocycles. The number of nitrogens with two attached hydrogens (primary N) is 1. The molecule has 3 N–H and O–H groups in total. The molecular formula is C12H20N4O. The Morgan fingerprint density at radius 1 is 1.53 bits per heavy atom. The van der Waals surface area contributed by atoms with Crippen molar-refractivity contribution >= 4 is 11.7 Å². The molecule has 1 rings (SSSR count). The summed E-state index contributed by atoms with van der Waals surface area (Å²) >= 11 is 0. The standard InChI is InChI=1S/C12H20N4O/c1-4-14-12(17)8-16(3)11-6-10(7-13)5-9(2)15-11/h5-6H,4,7-8,13H2,1-3H3,(H,14,17). The van der Waals surface area contributed by atoms with E-state index in [1.165, 1.54) is 0 Å². The number of carbonyl (C=O) groups excluding carboxylic acids is 1. The lowest BCUT2D eigenvalue weighted by molar-refractivity contribution is -0.119. The monoisotopic (exact) mass is 236 g/mol. The number of likely N-dealkylation sites (N-methyl/N-ethyl adjacent to an activating group) is 2. The normalized spacial score (nSPS) is 10.1. The summed E-state index contributed by atoms with van der Waals surface area (Å²) in [5.74, 6) is 0.768. The van der Waals surface area contributed by atoms with Gasteiger partial charge in [-0.25, -0.2) is 4.98 Å². The topological polar surface area (TPSA) is 71.2 Å². The van der Waals surface area contributed by atoms with Crippen LogP contribution in [0.3, 0.4) is 0 Å². The van der Waals surface area contributed by atoms with Crippen molar-refractivity contribution in [3.8, 4) is 0 Å². The van der Waals surface area contributed by atoms with E-state index in [0.29, 0.717) is 19.6 Å². The number of hydrogen-bond donors (Lipinski definition) is 2. The molecule has 17 heavy (non-hydrogen) atoms. The molecule has 0 atom stereocenters. The lowest BCUT2D eigenvalue weighted by atomic mass is 10.2. The molecule has 0 bridgehead atoms. The van der Waals surface area contributed by atoms with Crippen molar-refractivity contribution in [1.82, 2.24) is 10.3 Å². The smallest absolute Gasteiger partial charge is 0.239 e. The van der Waals surface area contributed by atoms with Gasteiger partial charge < -0.3 is 16.0 Å². The van der Waals surface area contributed by atoms with Crippen LogP contribution in [0.2, 0.25) is 0 Å². The van der Waals surface area contributed by atoms with Gasteiger partial charge in [-0.3, -0.25) is 4.79 Å². The average molecular weight is 236 g/mol. The Kier molecular flexibility index (Phi) is 4.90. The van der Waals surface area contributed by atoms with Gasteiger partial charge in [0.2, 0.25) is 5.91 Å². The summed E-state index contributed by atoms with van der Waals surface area (Å²) in [4.78, 5) is 17.7. The van der Waals surface area contributed by atoms with Crippen LogP contribution in [0.4, 0.5) is 5.82 Å². The highest BCUT2D eigenvalue weighted by atomic mass is 16.2. The molecule has 0 aliphatic rings. The molecule has 5 heteroatoms. The van der Waals surface area contributed by atoms with E-state index in [9.17, 15) is 4.79 Å². The predicted molar refractivity (Wildman–Crippen MR) is 68.8 cm³/mol. The number of hydrogen-bond acceptors (Lipinski definition) is 4. The number of carbonyl (C=O) groups is 1. The van der Waals surface area contributed by atoms with Crippen molar-refractivity contribution in [2.75, 3.05) is 25.0 Å². The lowest BCUT2D eigenvalue weighted by Crippen LogP contribution is -2.35. The maximum atomic E-state index is 11.5. The molecule has 5 nitrogen and oxygen atoms in total. The van der Waals surface area contributed by atoms with Gasteiger partial charge >= 0.3 is 0 Å². The van der Waals surface area contributed by atoms with Crippen LogP contribution in [-0.2, 0) is 11.3 Å². The molecule has 0 aromatic carbocycles. The third-order valence-electron chi connectivity index (χ3n) is 2.38. The van der Waals surface area contributed by atoms with Crippen molar-refractivity contribution in [3.63, 3.8) is 0 Å². The molecule has 0 aliphatic carbocycles. The van der Waals surface area contributed by atoms with Crippen LogP contribution in [0.1, 0.15) is 18.2 Å². The second-order valence-corrected chi connectivity index (χ2v) is 3.99. The molecule has 0 fully saturated rings. The summed E-state index contributed by atoms with van der Waals surface area (Å²) in [6.07, 6.45) is 0. The van der Waals surface area contributed by atoms with Crippen molar-refractivity contribution < 1.29 is 4.79 Å². The fourth-order valence-corrected chi connectivity index (χ4v) is 1.58. The van der Waals surface area contributed by atoms with E-state index in [2.05, 4.69) is 10.3 Å². The molecule has 1 amide bonds. The fraction of sp³-hybridized carbons (Fsp3) is 0.500. The first kappa shape index (κ1) is 13.4. The van der Waals surface area contributed by atoms with Gasteiger partial charge in [0.1, 0.15) is 5.82 Å². The molecule has 0 spiro atoms. The third-order valence-corrected chi connectivity index (χ3v) is 2.38. The highest BCUT2D eigenvalue weighted by Gasteiger charge is 2.08. The van der Waals surface area contributed by atoms with E-state index < -0.39 is 0 Å². The van der Waals surface area contributed by atoms with Crippen LogP contribution in [0.5, 0.6) is 0 Å². The highest BCUT2D eigenvalue weighted by molar-refractivity contribution is 5.80. The summed E-state index contributed by atoms with van der Waals surface area (Å²) in [6.45, 7) is 5.24. The Bertz CT molecular complexity index is 392. The first-order valence-electron chi connectivity index (χ1n) is 5.72. The molecule has 1 aromatic rings. The largest absolute Gasteiger partial charge is 0.355 e. The first-order chi connectivity index (χ1) is 8.06. The van der Waals surface area contributed by atoms with Crippen LogP contribution in [0, 0.1) is 6.92 Å². The molecule has 0 aliphatic heterocycles. The van der Waals surface area contributed by atoms with Gasteiger partial charge in [-0.15, -0.1) is 0 Å². The minimum Gasteiger partial charge on any atom is -0.355 e. The van der Waals surface area contributed by atoms with Gasteiger partial charge in [0.25, 0.3) is 0 Å². The number of aryl methyl sites for hydroxylation is 1. The summed E-state index contributed by atoms with van der Waals surface area (Å²) in [5.41, 5.74) is 7.54. The van der Waals surface area contributed by atoms with Crippen molar-refractivity contribution in [2.24, 2.45) is 5.73 Å². The van der Waals surface area contributed by atoms with Crippen LogP contribution in [0.25, 0.3) is 0 Å². The Labute approximate surface area is 102 Å². The second-order valence-electron chi connectivity index (χ2n) is 3.99. The minimum absolute atomic E-state index is 0.00685. The zero-order chi connectivity index (χ0) is 12.8. The van der Waals surface area contributed by atoms with Gasteiger partial charge in [0, 0.05) is 25.8 Å². The molecule has 94 valence electrons. The first-order valence-corrected chi connectivity index (χ1v) is 5.72. The SMILES string of the molecule is CCNC(=O)CN(C)c1cc(CN)cc(C)n1. The number of nitrogens with zero attached hydrogens (tertiary/aromatic N) is 2. The van der Waals surface area contributed by atoms with E-state index >= 15 is 0 Å². The van der Waals surface area contributed by atoms with Crippen molar-refractivity contribution in [2.45, 2.75) is 20.4 Å². The van der Waals surface area contributed by atoms with Crippen LogP contribution < -0.4 is 16.0 Å². The Hall–Kier alpha value is -1.62. The Morgan fingerprint density at radius 2 is 2.24 bits per heavy atom. The third kappa shape index (κ3) is 4.03. The number of rotatable bonds is 5. The zero-order valence-electron chi connectivity index (χ0n) is 10.7. The van der Waals surface area contributed by atoms with Crippen molar-refractivity contribution in [1.29, 1.82) is 0 Å². The highest BCUT2D eigenvalue weighted by Crippen LogP contribution is 2.13. The molecule has 1 aromatic heterocycles. The quantitative estimate of drug-likeness (QED) is 0.777. The molecular weight excluding hydrogens is 216 g/mol. The zero-order valence-corrected chi connectivity index (χ0v) is 10.7. The van der Waals surface area contributed by atoms with E-state index in [0.717, 1.165) is 17.1 Å². The molecule has 0 saturated heterocycles. The number of anilines is 1. The lowest BCUT2D eigenvalue weighted by Gasteiger charge is -2.18. The maximum Gasteiger partial charge on any atom is 0.239 e. The van der Waals surface area contributed by atoms with Crippen LogP contribution >= 0.6 is 0 Å². The maximum absolute atomic E-state index is 11.5. The summed E-state index contributed by atoms with van der Waals surface area (Å²) < 4.78 is 0. The molecule has 0 saturated carbocycles. The van der Waals surface area contributed by atoms with Gasteiger partial charge in [-0.2, -0.15) is 0 Å². The fourth-order valence-electron chi connectivity index (χ4n) is 1.58. The van der Waals surface area contributed by atoms with Gasteiger partial charge in [0.15, 0.2) is 0 Å². The number of nitrogens with one attached hydrogen (secondary N) is 1. The summed E-state index contributed by atoms with van der Waals surface area (Å²) in [5, 5.41) is 2.76. The number of amides is 1. The Balaban J connectivity index is 2.77. The van der Waals surface area contributed by atoms with E-state index in [-0.39, 0.29) is 5.91 Å². The van der Waals surface area contributed by atoms with Gasteiger partial charge in [-0.05, 0) is 31.5 Å². The summed E-state index contributed by atoms with van der Waals surface area (Å²) in [6, 6.07) is 3.86. The van der Waals surface area contributed by atoms with Crippen LogP contribution in [0.15, 0.2) is 12.1 Å². The number of aromatic nitrogens is 1. The van der Waals surface area contributed by atoms with E-state index in [1.54, 1.807) is 0 Å². The molecule has 0 unspecified atom stereocenters. The Morgan fingerprint density at radius 3 is 2.82 bits per heavy atom. The molecule has 0 radical (unpaired) electrons. The second kappa shape index (κ2) is 6.20. The van der Waals surface area contributed by atoms with Crippen LogP contribution in [-0.4, -0.2) is 31.0 Å². The number of pyridine rings is 1. The minimum atomic E-state index is -0.00685. The predicted octanol–water partition coefficient (Wildman–Crippen LogP) is 0.421. The van der Waals surface area contributed by atoms with E-state index in [4.69, 9.17) is 5.73 Å². The van der Waals surface area contributed by atoms with Crippen molar-refractivity contribution in [3.05, 3.63) is 23.4 Å². The van der Waals surface area contributed by atoms with E-state index in [1.807, 2.05) is 37.9 Å². The average Bonchev–Trinajstić information content (AvgIpc) is 2.28.